The summed E-state index contributed by atoms with van der Waals surface area (Å²) >= 11 is 0. The molecule has 8 heteroatoms. The van der Waals surface area contributed by atoms with Gasteiger partial charge in [-0.1, -0.05) is 0 Å². The van der Waals surface area contributed by atoms with Crippen molar-refractivity contribution >= 4 is 11.9 Å². The average Bonchev–Trinajstić information content (AvgIpc) is 2.73. The number of aromatic nitrogens is 2. The molecular weight excluding hydrogens is 348 g/mol. The molecule has 0 aliphatic carbocycles. The fourth-order valence-corrected chi connectivity index (χ4v) is 3.13. The van der Waals surface area contributed by atoms with Crippen LogP contribution in [0.15, 0.2) is 30.6 Å². The predicted octanol–water partition coefficient (Wildman–Crippen LogP) is 1.39. The van der Waals surface area contributed by atoms with Gasteiger partial charge in [0.05, 0.1) is 27.8 Å². The lowest BCUT2D eigenvalue weighted by Gasteiger charge is -2.34. The summed E-state index contributed by atoms with van der Waals surface area (Å²) in [6.07, 6.45) is 3.73. The van der Waals surface area contributed by atoms with Gasteiger partial charge in [0.1, 0.15) is 0 Å². The number of rotatable bonds is 6. The number of hydrogen-bond acceptors (Lipinski definition) is 7. The zero-order valence-electron chi connectivity index (χ0n) is 15.8. The summed E-state index contributed by atoms with van der Waals surface area (Å²) in [6, 6.07) is 5.42. The first-order chi connectivity index (χ1) is 13.2. The van der Waals surface area contributed by atoms with Gasteiger partial charge in [-0.15, -0.1) is 0 Å². The first-order valence-corrected chi connectivity index (χ1v) is 8.75. The molecule has 1 amide bonds. The summed E-state index contributed by atoms with van der Waals surface area (Å²) in [6.45, 7) is 2.71. The molecule has 8 nitrogen and oxygen atoms in total. The van der Waals surface area contributed by atoms with Crippen molar-refractivity contribution in [2.45, 2.75) is 6.42 Å². The predicted molar refractivity (Wildman–Crippen MR) is 101 cm³/mol. The lowest BCUT2D eigenvalue weighted by atomic mass is 10.1. The van der Waals surface area contributed by atoms with Gasteiger partial charge < -0.3 is 24.0 Å². The van der Waals surface area contributed by atoms with Crippen LogP contribution in [-0.2, 0) is 11.2 Å². The van der Waals surface area contributed by atoms with Crippen LogP contribution < -0.4 is 19.1 Å². The van der Waals surface area contributed by atoms with E-state index in [1.807, 2.05) is 17.0 Å². The Kier molecular flexibility index (Phi) is 5.95. The number of ether oxygens (including phenoxy) is 3. The average molecular weight is 372 g/mol. The molecule has 0 N–H and O–H groups in total. The minimum absolute atomic E-state index is 0.0675. The molecule has 2 heterocycles. The SMILES string of the molecule is COc1cc(CC(=O)N2CCN(c3ncccn3)CC2)cc(OC)c1OC. The highest BCUT2D eigenvalue weighted by atomic mass is 16.5. The molecule has 0 radical (unpaired) electrons. The van der Waals surface area contributed by atoms with Crippen LogP contribution in [-0.4, -0.2) is 68.3 Å². The smallest absolute Gasteiger partial charge is 0.227 e. The zero-order valence-corrected chi connectivity index (χ0v) is 15.8. The Morgan fingerprint density at radius 2 is 1.56 bits per heavy atom. The highest BCUT2D eigenvalue weighted by Gasteiger charge is 2.23. The van der Waals surface area contributed by atoms with Gasteiger partial charge in [-0.3, -0.25) is 4.79 Å². The Bertz CT molecular complexity index is 752. The maximum atomic E-state index is 12.7. The minimum atomic E-state index is 0.0675. The molecule has 1 fully saturated rings. The summed E-state index contributed by atoms with van der Waals surface area (Å²) in [5, 5.41) is 0. The van der Waals surface area contributed by atoms with E-state index in [0.29, 0.717) is 49.4 Å². The van der Waals surface area contributed by atoms with E-state index in [0.717, 1.165) is 5.56 Å². The third-order valence-electron chi connectivity index (χ3n) is 4.55. The molecule has 144 valence electrons. The Morgan fingerprint density at radius 3 is 2.07 bits per heavy atom. The quantitative estimate of drug-likeness (QED) is 0.758. The number of piperazine rings is 1. The number of nitrogens with zero attached hydrogens (tertiary/aromatic N) is 4. The molecule has 1 aromatic heterocycles. The van der Waals surface area contributed by atoms with Crippen LogP contribution in [0.1, 0.15) is 5.56 Å². The molecule has 1 aliphatic heterocycles. The zero-order chi connectivity index (χ0) is 19.2. The normalized spacial score (nSPS) is 14.0. The molecule has 0 spiro atoms. The molecule has 2 aromatic rings. The molecule has 1 saturated heterocycles. The minimum Gasteiger partial charge on any atom is -0.493 e. The summed E-state index contributed by atoms with van der Waals surface area (Å²) in [4.78, 5) is 25.2. The van der Waals surface area contributed by atoms with E-state index in [1.165, 1.54) is 0 Å². The van der Waals surface area contributed by atoms with Gasteiger partial charge in [0, 0.05) is 38.6 Å². The molecule has 1 aliphatic rings. The van der Waals surface area contributed by atoms with Gasteiger partial charge in [-0.2, -0.15) is 0 Å². The van der Waals surface area contributed by atoms with Crippen molar-refractivity contribution in [2.24, 2.45) is 0 Å². The molecule has 27 heavy (non-hydrogen) atoms. The molecule has 0 atom stereocenters. The fraction of sp³-hybridized carbons (Fsp3) is 0.421. The Hall–Kier alpha value is -3.03. The lowest BCUT2D eigenvalue weighted by molar-refractivity contribution is -0.130. The van der Waals surface area contributed by atoms with E-state index in [-0.39, 0.29) is 12.3 Å². The van der Waals surface area contributed by atoms with E-state index in [9.17, 15) is 4.79 Å². The van der Waals surface area contributed by atoms with E-state index in [2.05, 4.69) is 14.9 Å². The summed E-state index contributed by atoms with van der Waals surface area (Å²) in [7, 11) is 4.68. The summed E-state index contributed by atoms with van der Waals surface area (Å²) < 4.78 is 16.0. The number of amides is 1. The van der Waals surface area contributed by atoms with Gasteiger partial charge >= 0.3 is 0 Å². The number of methoxy groups -OCH3 is 3. The maximum absolute atomic E-state index is 12.7. The van der Waals surface area contributed by atoms with E-state index in [4.69, 9.17) is 14.2 Å². The van der Waals surface area contributed by atoms with Crippen molar-refractivity contribution in [1.29, 1.82) is 0 Å². The maximum Gasteiger partial charge on any atom is 0.227 e. The van der Waals surface area contributed by atoms with Crippen molar-refractivity contribution in [3.8, 4) is 17.2 Å². The Balaban J connectivity index is 1.64. The second-order valence-corrected chi connectivity index (χ2v) is 6.13. The van der Waals surface area contributed by atoms with Crippen molar-refractivity contribution in [3.05, 3.63) is 36.2 Å². The van der Waals surface area contributed by atoms with Crippen LogP contribution >= 0.6 is 0 Å². The number of anilines is 1. The number of hydrogen-bond donors (Lipinski definition) is 0. The fourth-order valence-electron chi connectivity index (χ4n) is 3.13. The lowest BCUT2D eigenvalue weighted by Crippen LogP contribution is -2.49. The highest BCUT2D eigenvalue weighted by Crippen LogP contribution is 2.38. The first-order valence-electron chi connectivity index (χ1n) is 8.75. The standard InChI is InChI=1S/C19H24N4O4/c1-25-15-11-14(12-16(26-2)18(15)27-3)13-17(24)22-7-9-23(10-8-22)19-20-5-4-6-21-19/h4-6,11-12H,7-10,13H2,1-3H3. The van der Waals surface area contributed by atoms with Gasteiger partial charge in [0.25, 0.3) is 0 Å². The van der Waals surface area contributed by atoms with Crippen molar-refractivity contribution in [2.75, 3.05) is 52.4 Å². The highest BCUT2D eigenvalue weighted by molar-refractivity contribution is 5.79. The number of benzene rings is 1. The first kappa shape index (κ1) is 18.8. The third-order valence-corrected chi connectivity index (χ3v) is 4.55. The van der Waals surface area contributed by atoms with Crippen LogP contribution in [0.25, 0.3) is 0 Å². The summed E-state index contributed by atoms with van der Waals surface area (Å²) in [5.41, 5.74) is 0.823. The largest absolute Gasteiger partial charge is 0.493 e. The molecule has 0 bridgehead atoms. The third kappa shape index (κ3) is 4.21. The Labute approximate surface area is 158 Å². The second-order valence-electron chi connectivity index (χ2n) is 6.13. The van der Waals surface area contributed by atoms with E-state index >= 15 is 0 Å². The monoisotopic (exact) mass is 372 g/mol. The Morgan fingerprint density at radius 1 is 0.963 bits per heavy atom. The van der Waals surface area contributed by atoms with Crippen molar-refractivity contribution in [1.82, 2.24) is 14.9 Å². The van der Waals surface area contributed by atoms with Crippen LogP contribution in [0.2, 0.25) is 0 Å². The van der Waals surface area contributed by atoms with Gasteiger partial charge in [-0.05, 0) is 23.8 Å². The van der Waals surface area contributed by atoms with Crippen molar-refractivity contribution < 1.29 is 19.0 Å². The molecular formula is C19H24N4O4. The second kappa shape index (κ2) is 8.57. The van der Waals surface area contributed by atoms with E-state index < -0.39 is 0 Å². The molecule has 0 saturated carbocycles. The topological polar surface area (TPSA) is 77.0 Å². The van der Waals surface area contributed by atoms with Crippen LogP contribution in [0.5, 0.6) is 17.2 Å². The summed E-state index contributed by atoms with van der Waals surface area (Å²) in [5.74, 6) is 2.39. The number of carbonyl (C=O) groups excluding carboxylic acids is 1. The molecule has 1 aromatic carbocycles. The van der Waals surface area contributed by atoms with Crippen LogP contribution in [0, 0.1) is 0 Å². The number of carbonyl (C=O) groups is 1. The van der Waals surface area contributed by atoms with Crippen molar-refractivity contribution in [3.63, 3.8) is 0 Å². The van der Waals surface area contributed by atoms with Gasteiger partial charge in [0.2, 0.25) is 17.6 Å². The molecule has 0 unspecified atom stereocenters. The van der Waals surface area contributed by atoms with Crippen LogP contribution in [0.3, 0.4) is 0 Å². The van der Waals surface area contributed by atoms with Gasteiger partial charge in [-0.25, -0.2) is 9.97 Å². The van der Waals surface area contributed by atoms with E-state index in [1.54, 1.807) is 39.8 Å². The molecule has 3 rings (SSSR count). The van der Waals surface area contributed by atoms with Crippen LogP contribution in [0.4, 0.5) is 5.95 Å². The van der Waals surface area contributed by atoms with Gasteiger partial charge in [0.15, 0.2) is 11.5 Å².